The molecule has 0 radical (unpaired) electrons. The minimum absolute atomic E-state index is 0.102. The van der Waals surface area contributed by atoms with Crippen LogP contribution in [-0.2, 0) is 11.4 Å². The van der Waals surface area contributed by atoms with Gasteiger partial charge in [-0.2, -0.15) is 0 Å². The van der Waals surface area contributed by atoms with Crippen molar-refractivity contribution >= 4 is 23.5 Å². The fourth-order valence-electron chi connectivity index (χ4n) is 4.84. The summed E-state index contributed by atoms with van der Waals surface area (Å²) in [4.78, 5) is 11.8. The van der Waals surface area contributed by atoms with Gasteiger partial charge in [0.15, 0.2) is 6.73 Å². The van der Waals surface area contributed by atoms with Crippen molar-refractivity contribution in [1.29, 1.82) is 0 Å². The number of aliphatic imine (C=N–C) groups is 1. The topological polar surface area (TPSA) is 40.1 Å². The number of nitrogens with one attached hydrogen (secondary N) is 1. The third-order valence-electron chi connectivity index (χ3n) is 6.86. The standard InChI is InChI=1S/C25H31FN4OS/c1-18-7-10-24(19-5-3-2-4-6-19)32-30(18)16-21-8-9-22(15-23(21)26)29-13-11-20(12-14-29)25-27-17-31-28-25/h2-6,8-9,15,18,20,24H,7,10-14,16-17H2,1H3,(H,27,28)/t18-,24?/m0/s1. The van der Waals surface area contributed by atoms with Gasteiger partial charge in [0, 0.05) is 48.1 Å². The molecule has 0 saturated carbocycles. The lowest BCUT2D eigenvalue weighted by molar-refractivity contribution is 0.112. The number of nitrogens with zero attached hydrogens (tertiary/aromatic N) is 3. The Balaban J connectivity index is 1.21. The zero-order valence-corrected chi connectivity index (χ0v) is 19.4. The van der Waals surface area contributed by atoms with Gasteiger partial charge in [0.25, 0.3) is 0 Å². The summed E-state index contributed by atoms with van der Waals surface area (Å²) in [6, 6.07) is 16.9. The summed E-state index contributed by atoms with van der Waals surface area (Å²) >= 11 is 1.87. The molecular formula is C25H31FN4OS. The number of rotatable bonds is 5. The van der Waals surface area contributed by atoms with Gasteiger partial charge in [0.05, 0.1) is 0 Å². The van der Waals surface area contributed by atoms with Crippen molar-refractivity contribution in [2.75, 3.05) is 24.7 Å². The fourth-order valence-corrected chi connectivity index (χ4v) is 6.21. The number of benzene rings is 2. The highest BCUT2D eigenvalue weighted by Crippen LogP contribution is 2.43. The molecule has 3 heterocycles. The molecule has 2 fully saturated rings. The Bertz CT molecular complexity index is 948. The van der Waals surface area contributed by atoms with Gasteiger partial charge in [0.2, 0.25) is 0 Å². The molecule has 0 spiro atoms. The second-order valence-corrected chi connectivity index (χ2v) is 10.2. The van der Waals surface area contributed by atoms with E-state index in [9.17, 15) is 0 Å². The first-order valence-electron chi connectivity index (χ1n) is 11.6. The van der Waals surface area contributed by atoms with Crippen molar-refractivity contribution in [2.24, 2.45) is 10.9 Å². The summed E-state index contributed by atoms with van der Waals surface area (Å²) in [7, 11) is 0. The van der Waals surface area contributed by atoms with E-state index in [2.05, 4.69) is 63.0 Å². The number of amidine groups is 1. The quantitative estimate of drug-likeness (QED) is 0.621. The molecule has 0 amide bonds. The maximum Gasteiger partial charge on any atom is 0.166 e. The number of hydrogen-bond acceptors (Lipinski definition) is 6. The van der Waals surface area contributed by atoms with Crippen LogP contribution >= 0.6 is 11.9 Å². The molecule has 5 rings (SSSR count). The molecule has 7 heteroatoms. The van der Waals surface area contributed by atoms with Crippen LogP contribution in [0.4, 0.5) is 10.1 Å². The van der Waals surface area contributed by atoms with Gasteiger partial charge in [-0.1, -0.05) is 48.3 Å². The van der Waals surface area contributed by atoms with Crippen molar-refractivity contribution in [1.82, 2.24) is 9.79 Å². The maximum absolute atomic E-state index is 15.1. The van der Waals surface area contributed by atoms with Gasteiger partial charge in [-0.3, -0.25) is 10.3 Å². The van der Waals surface area contributed by atoms with Gasteiger partial charge in [-0.05, 0) is 50.3 Å². The summed E-state index contributed by atoms with van der Waals surface area (Å²) in [6.07, 6.45) is 4.30. The molecule has 170 valence electrons. The monoisotopic (exact) mass is 454 g/mol. The summed E-state index contributed by atoms with van der Waals surface area (Å²) in [6.45, 7) is 5.10. The molecule has 0 aliphatic carbocycles. The van der Waals surface area contributed by atoms with Crippen LogP contribution in [0.1, 0.15) is 49.0 Å². The zero-order valence-electron chi connectivity index (χ0n) is 18.5. The third kappa shape index (κ3) is 4.80. The largest absolute Gasteiger partial charge is 0.371 e. The van der Waals surface area contributed by atoms with Crippen molar-refractivity contribution in [2.45, 2.75) is 50.4 Å². The van der Waals surface area contributed by atoms with E-state index in [-0.39, 0.29) is 5.82 Å². The summed E-state index contributed by atoms with van der Waals surface area (Å²) in [5, 5.41) is 0.445. The molecule has 1 N–H and O–H groups in total. The molecule has 2 atom stereocenters. The lowest BCUT2D eigenvalue weighted by Gasteiger charge is -2.37. The second-order valence-electron chi connectivity index (χ2n) is 8.96. The van der Waals surface area contributed by atoms with Crippen LogP contribution in [-0.4, -0.2) is 36.0 Å². The second kappa shape index (κ2) is 9.81. The lowest BCUT2D eigenvalue weighted by Crippen LogP contribution is -2.39. The Labute approximate surface area is 194 Å². The Morgan fingerprint density at radius 2 is 1.91 bits per heavy atom. The normalized spacial score (nSPS) is 24.9. The van der Waals surface area contributed by atoms with E-state index in [4.69, 9.17) is 4.84 Å². The van der Waals surface area contributed by atoms with Gasteiger partial charge >= 0.3 is 0 Å². The van der Waals surface area contributed by atoms with Gasteiger partial charge in [-0.15, -0.1) is 0 Å². The van der Waals surface area contributed by atoms with E-state index in [0.29, 0.717) is 30.5 Å². The van der Waals surface area contributed by atoms with E-state index in [0.717, 1.165) is 55.9 Å². The molecule has 2 saturated heterocycles. The Hall–Kier alpha value is -2.09. The predicted molar refractivity (Wildman–Crippen MR) is 129 cm³/mol. The first kappa shape index (κ1) is 21.7. The van der Waals surface area contributed by atoms with E-state index >= 15 is 4.39 Å². The first-order valence-corrected chi connectivity index (χ1v) is 12.4. The first-order chi connectivity index (χ1) is 15.7. The molecule has 32 heavy (non-hydrogen) atoms. The van der Waals surface area contributed by atoms with Crippen molar-refractivity contribution in [3.8, 4) is 0 Å². The minimum atomic E-state index is -0.102. The van der Waals surface area contributed by atoms with Gasteiger partial charge < -0.3 is 4.90 Å². The van der Waals surface area contributed by atoms with Crippen LogP contribution < -0.4 is 10.4 Å². The van der Waals surface area contributed by atoms with Crippen LogP contribution in [0.25, 0.3) is 0 Å². The van der Waals surface area contributed by atoms with Crippen LogP contribution in [0.5, 0.6) is 0 Å². The maximum atomic E-state index is 15.1. The SMILES string of the molecule is C[C@H]1CCC(c2ccccc2)SN1Cc1ccc(N2CCC(C3=NCON3)CC2)cc1F. The molecule has 3 aliphatic rings. The molecule has 2 aromatic carbocycles. The molecule has 0 aromatic heterocycles. The van der Waals surface area contributed by atoms with E-state index in [1.165, 1.54) is 5.56 Å². The minimum Gasteiger partial charge on any atom is -0.371 e. The summed E-state index contributed by atoms with van der Waals surface area (Å²) < 4.78 is 17.5. The average Bonchev–Trinajstić information content (AvgIpc) is 3.37. The van der Waals surface area contributed by atoms with E-state index < -0.39 is 0 Å². The van der Waals surface area contributed by atoms with E-state index in [1.54, 1.807) is 6.07 Å². The van der Waals surface area contributed by atoms with Crippen molar-refractivity contribution < 1.29 is 9.23 Å². The highest BCUT2D eigenvalue weighted by Gasteiger charge is 2.29. The Kier molecular flexibility index (Phi) is 6.67. The average molecular weight is 455 g/mol. The van der Waals surface area contributed by atoms with Gasteiger partial charge in [0.1, 0.15) is 11.7 Å². The Morgan fingerprint density at radius 3 is 2.62 bits per heavy atom. The van der Waals surface area contributed by atoms with Crippen LogP contribution in [0.3, 0.4) is 0 Å². The summed E-state index contributed by atoms with van der Waals surface area (Å²) in [5.41, 5.74) is 6.03. The number of piperidine rings is 1. The van der Waals surface area contributed by atoms with Crippen molar-refractivity contribution in [3.05, 3.63) is 65.5 Å². The molecule has 2 aromatic rings. The lowest BCUT2D eigenvalue weighted by atomic mass is 9.95. The molecule has 1 unspecified atom stereocenters. The Morgan fingerprint density at radius 1 is 1.09 bits per heavy atom. The zero-order chi connectivity index (χ0) is 21.9. The molecular weight excluding hydrogens is 423 g/mol. The third-order valence-corrected chi connectivity index (χ3v) is 8.38. The van der Waals surface area contributed by atoms with E-state index in [1.807, 2.05) is 18.0 Å². The van der Waals surface area contributed by atoms with Crippen molar-refractivity contribution in [3.63, 3.8) is 0 Å². The van der Waals surface area contributed by atoms with Crippen LogP contribution in [0, 0.1) is 11.7 Å². The highest BCUT2D eigenvalue weighted by molar-refractivity contribution is 7.97. The molecule has 5 nitrogen and oxygen atoms in total. The highest BCUT2D eigenvalue weighted by atomic mass is 32.2. The molecule has 3 aliphatic heterocycles. The number of halogens is 1. The smallest absolute Gasteiger partial charge is 0.166 e. The fraction of sp³-hybridized carbons (Fsp3) is 0.480. The number of hydroxylamine groups is 1. The van der Waals surface area contributed by atoms with Crippen LogP contribution in [0.15, 0.2) is 53.5 Å². The van der Waals surface area contributed by atoms with Crippen LogP contribution in [0.2, 0.25) is 0 Å². The predicted octanol–water partition coefficient (Wildman–Crippen LogP) is 5.31. The summed E-state index contributed by atoms with van der Waals surface area (Å²) in [5.74, 6) is 1.27. The number of anilines is 1. The number of hydrogen-bond donors (Lipinski definition) is 1. The molecule has 0 bridgehead atoms. The van der Waals surface area contributed by atoms with Gasteiger partial charge in [-0.25, -0.2) is 13.7 Å².